The Morgan fingerprint density at radius 1 is 1.39 bits per heavy atom. The minimum atomic E-state index is -1.14. The molecule has 0 saturated carbocycles. The SMILES string of the molecule is O=C(O)c1ccc(OC2CCCNCC2)c(F)c1. The van der Waals surface area contributed by atoms with Gasteiger partial charge in [0.05, 0.1) is 5.56 Å². The molecular formula is C13H16FNO3. The lowest BCUT2D eigenvalue weighted by atomic mass is 10.1. The summed E-state index contributed by atoms with van der Waals surface area (Å²) in [6.45, 7) is 1.82. The van der Waals surface area contributed by atoms with Gasteiger partial charge in [-0.1, -0.05) is 0 Å². The second-order valence-electron chi connectivity index (χ2n) is 4.37. The number of nitrogens with one attached hydrogen (secondary N) is 1. The Kier molecular flexibility index (Phi) is 4.15. The summed E-state index contributed by atoms with van der Waals surface area (Å²) in [5, 5.41) is 12.0. The number of aromatic carboxylic acids is 1. The van der Waals surface area contributed by atoms with Crippen molar-refractivity contribution in [3.63, 3.8) is 0 Å². The normalized spacial score (nSPS) is 20.2. The van der Waals surface area contributed by atoms with Crippen molar-refractivity contribution in [2.75, 3.05) is 13.1 Å². The standard InChI is InChI=1S/C13H16FNO3/c14-11-8-9(13(16)17)3-4-12(11)18-10-2-1-6-15-7-5-10/h3-4,8,10,15H,1-2,5-7H2,(H,16,17). The summed E-state index contributed by atoms with van der Waals surface area (Å²) in [6, 6.07) is 3.74. The lowest BCUT2D eigenvalue weighted by molar-refractivity contribution is 0.0696. The number of halogens is 1. The first-order valence-electron chi connectivity index (χ1n) is 6.07. The van der Waals surface area contributed by atoms with Crippen molar-refractivity contribution < 1.29 is 19.0 Å². The zero-order chi connectivity index (χ0) is 13.0. The van der Waals surface area contributed by atoms with Gasteiger partial charge in [-0.2, -0.15) is 0 Å². The summed E-state index contributed by atoms with van der Waals surface area (Å²) in [7, 11) is 0. The monoisotopic (exact) mass is 253 g/mol. The fourth-order valence-corrected chi connectivity index (χ4v) is 2.01. The first-order valence-corrected chi connectivity index (χ1v) is 6.07. The van der Waals surface area contributed by atoms with E-state index in [1.807, 2.05) is 0 Å². The lowest BCUT2D eigenvalue weighted by Crippen LogP contribution is -2.19. The maximum absolute atomic E-state index is 13.7. The number of carboxylic acid groups (broad SMARTS) is 1. The van der Waals surface area contributed by atoms with Crippen LogP contribution in [-0.4, -0.2) is 30.3 Å². The van der Waals surface area contributed by atoms with E-state index in [9.17, 15) is 9.18 Å². The zero-order valence-electron chi connectivity index (χ0n) is 9.99. The van der Waals surface area contributed by atoms with E-state index in [-0.39, 0.29) is 17.4 Å². The minimum Gasteiger partial charge on any atom is -0.487 e. The molecule has 4 nitrogen and oxygen atoms in total. The Labute approximate surface area is 105 Å². The van der Waals surface area contributed by atoms with Crippen LogP contribution >= 0.6 is 0 Å². The fourth-order valence-electron chi connectivity index (χ4n) is 2.01. The van der Waals surface area contributed by atoms with Gasteiger partial charge in [0, 0.05) is 0 Å². The van der Waals surface area contributed by atoms with Crippen molar-refractivity contribution >= 4 is 5.97 Å². The van der Waals surface area contributed by atoms with Crippen molar-refractivity contribution in [3.05, 3.63) is 29.6 Å². The van der Waals surface area contributed by atoms with Crippen molar-refractivity contribution in [1.82, 2.24) is 5.32 Å². The molecule has 1 unspecified atom stereocenters. The maximum atomic E-state index is 13.7. The van der Waals surface area contributed by atoms with E-state index in [0.29, 0.717) is 0 Å². The Bertz CT molecular complexity index is 428. The highest BCUT2D eigenvalue weighted by Gasteiger charge is 2.16. The maximum Gasteiger partial charge on any atom is 0.335 e. The van der Waals surface area contributed by atoms with Gasteiger partial charge in [-0.15, -0.1) is 0 Å². The summed E-state index contributed by atoms with van der Waals surface area (Å²) < 4.78 is 19.3. The molecular weight excluding hydrogens is 237 g/mol. The molecule has 1 aromatic rings. The van der Waals surface area contributed by atoms with Crippen LogP contribution in [-0.2, 0) is 0 Å². The number of benzene rings is 1. The molecule has 0 spiro atoms. The van der Waals surface area contributed by atoms with Gasteiger partial charge >= 0.3 is 5.97 Å². The quantitative estimate of drug-likeness (QED) is 0.865. The molecule has 2 N–H and O–H groups in total. The van der Waals surface area contributed by atoms with Crippen LogP contribution in [0.3, 0.4) is 0 Å². The van der Waals surface area contributed by atoms with Crippen molar-refractivity contribution in [2.45, 2.75) is 25.4 Å². The predicted molar refractivity (Wildman–Crippen MR) is 64.5 cm³/mol. The number of ether oxygens (including phenoxy) is 1. The van der Waals surface area contributed by atoms with Crippen LogP contribution in [0.15, 0.2) is 18.2 Å². The van der Waals surface area contributed by atoms with Gasteiger partial charge in [0.15, 0.2) is 11.6 Å². The van der Waals surface area contributed by atoms with Gasteiger partial charge < -0.3 is 15.2 Å². The molecule has 2 rings (SSSR count). The smallest absolute Gasteiger partial charge is 0.335 e. The van der Waals surface area contributed by atoms with E-state index in [0.717, 1.165) is 38.4 Å². The van der Waals surface area contributed by atoms with Crippen molar-refractivity contribution in [1.29, 1.82) is 0 Å². The summed E-state index contributed by atoms with van der Waals surface area (Å²) in [5.74, 6) is -1.63. The molecule has 1 aliphatic rings. The molecule has 0 aromatic heterocycles. The van der Waals surface area contributed by atoms with E-state index in [1.165, 1.54) is 12.1 Å². The lowest BCUT2D eigenvalue weighted by Gasteiger charge is -2.17. The average Bonchev–Trinajstić information content (AvgIpc) is 2.60. The largest absolute Gasteiger partial charge is 0.487 e. The number of hydrogen-bond donors (Lipinski definition) is 2. The second kappa shape index (κ2) is 5.82. The Morgan fingerprint density at radius 3 is 2.94 bits per heavy atom. The molecule has 0 bridgehead atoms. The van der Waals surface area contributed by atoms with Crippen LogP contribution < -0.4 is 10.1 Å². The van der Waals surface area contributed by atoms with Crippen LogP contribution in [0.25, 0.3) is 0 Å². The summed E-state index contributed by atoms with van der Waals surface area (Å²) in [5.41, 5.74) is -0.0672. The van der Waals surface area contributed by atoms with E-state index in [1.54, 1.807) is 0 Å². The molecule has 1 aromatic carbocycles. The molecule has 98 valence electrons. The van der Waals surface area contributed by atoms with Crippen LogP contribution in [0.1, 0.15) is 29.6 Å². The summed E-state index contributed by atoms with van der Waals surface area (Å²) >= 11 is 0. The second-order valence-corrected chi connectivity index (χ2v) is 4.37. The predicted octanol–water partition coefficient (Wildman–Crippen LogP) is 2.04. The van der Waals surface area contributed by atoms with Crippen molar-refractivity contribution in [3.8, 4) is 5.75 Å². The van der Waals surface area contributed by atoms with Crippen LogP contribution in [0.5, 0.6) is 5.75 Å². The Balaban J connectivity index is 2.06. The molecule has 1 saturated heterocycles. The zero-order valence-corrected chi connectivity index (χ0v) is 9.99. The summed E-state index contributed by atoms with van der Waals surface area (Å²) in [4.78, 5) is 10.7. The van der Waals surface area contributed by atoms with Gasteiger partial charge in [-0.3, -0.25) is 0 Å². The third kappa shape index (κ3) is 3.20. The first-order chi connectivity index (χ1) is 8.66. The highest BCUT2D eigenvalue weighted by atomic mass is 19.1. The fraction of sp³-hybridized carbons (Fsp3) is 0.462. The molecule has 1 fully saturated rings. The number of rotatable bonds is 3. The highest BCUT2D eigenvalue weighted by molar-refractivity contribution is 5.87. The van der Waals surface area contributed by atoms with E-state index >= 15 is 0 Å². The molecule has 1 aliphatic heterocycles. The van der Waals surface area contributed by atoms with Crippen molar-refractivity contribution in [2.24, 2.45) is 0 Å². The average molecular weight is 253 g/mol. The minimum absolute atomic E-state index is 0.00909. The van der Waals surface area contributed by atoms with Gasteiger partial charge in [-0.05, 0) is 50.6 Å². The van der Waals surface area contributed by atoms with E-state index in [2.05, 4.69) is 5.32 Å². The van der Waals surface area contributed by atoms with E-state index in [4.69, 9.17) is 9.84 Å². The van der Waals surface area contributed by atoms with E-state index < -0.39 is 11.8 Å². The Morgan fingerprint density at radius 2 is 2.22 bits per heavy atom. The first kappa shape index (κ1) is 12.8. The number of carbonyl (C=O) groups is 1. The van der Waals surface area contributed by atoms with Crippen LogP contribution in [0, 0.1) is 5.82 Å². The number of carboxylic acids is 1. The van der Waals surface area contributed by atoms with Gasteiger partial charge in [0.2, 0.25) is 0 Å². The molecule has 18 heavy (non-hydrogen) atoms. The highest BCUT2D eigenvalue weighted by Crippen LogP contribution is 2.22. The van der Waals surface area contributed by atoms with Crippen LogP contribution in [0.4, 0.5) is 4.39 Å². The Hall–Kier alpha value is -1.62. The molecule has 1 heterocycles. The molecule has 0 radical (unpaired) electrons. The van der Waals surface area contributed by atoms with Gasteiger partial charge in [0.25, 0.3) is 0 Å². The van der Waals surface area contributed by atoms with Gasteiger partial charge in [0.1, 0.15) is 6.10 Å². The number of hydrogen-bond acceptors (Lipinski definition) is 3. The van der Waals surface area contributed by atoms with Gasteiger partial charge in [-0.25, -0.2) is 9.18 Å². The summed E-state index contributed by atoms with van der Waals surface area (Å²) in [6.07, 6.45) is 2.71. The molecule has 0 amide bonds. The molecule has 5 heteroatoms. The van der Waals surface area contributed by atoms with Crippen LogP contribution in [0.2, 0.25) is 0 Å². The third-order valence-electron chi connectivity index (χ3n) is 3.00. The topological polar surface area (TPSA) is 58.6 Å². The molecule has 0 aliphatic carbocycles. The molecule has 1 atom stereocenters. The third-order valence-corrected chi connectivity index (χ3v) is 3.00.